The molecule has 1 N–H and O–H groups in total. The Bertz CT molecular complexity index is 347. The molecule has 1 spiro atoms. The molecule has 1 fully saturated rings. The van der Waals surface area contributed by atoms with Crippen LogP contribution in [0.1, 0.15) is 55.4 Å². The highest BCUT2D eigenvalue weighted by molar-refractivity contribution is 7.10. The topological polar surface area (TPSA) is 12.0 Å². The third kappa shape index (κ3) is 1.82. The summed E-state index contributed by atoms with van der Waals surface area (Å²) >= 11 is 1.98. The van der Waals surface area contributed by atoms with E-state index in [0.29, 0.717) is 5.54 Å². The number of fused-ring (bicyclic) bond motifs is 2. The van der Waals surface area contributed by atoms with Crippen LogP contribution < -0.4 is 5.32 Å². The first-order chi connectivity index (χ1) is 7.91. The van der Waals surface area contributed by atoms with Crippen molar-refractivity contribution in [2.24, 2.45) is 0 Å². The van der Waals surface area contributed by atoms with Crippen molar-refractivity contribution >= 4 is 11.3 Å². The summed E-state index contributed by atoms with van der Waals surface area (Å²) in [5, 5.41) is 6.14. The maximum Gasteiger partial charge on any atom is 0.0531 e. The maximum atomic E-state index is 3.85. The molecule has 0 amide bonds. The Morgan fingerprint density at radius 2 is 1.81 bits per heavy atom. The van der Waals surface area contributed by atoms with Gasteiger partial charge in [-0.2, -0.15) is 0 Å². The van der Waals surface area contributed by atoms with Crippen LogP contribution in [0.5, 0.6) is 0 Å². The van der Waals surface area contributed by atoms with Gasteiger partial charge in [-0.25, -0.2) is 0 Å². The Balaban J connectivity index is 1.91. The van der Waals surface area contributed by atoms with Crippen molar-refractivity contribution in [1.29, 1.82) is 0 Å². The van der Waals surface area contributed by atoms with Gasteiger partial charge in [-0.3, -0.25) is 0 Å². The van der Waals surface area contributed by atoms with Gasteiger partial charge in [0.2, 0.25) is 0 Å². The predicted octanol–water partition coefficient (Wildman–Crippen LogP) is 3.83. The quantitative estimate of drug-likeness (QED) is 0.720. The van der Waals surface area contributed by atoms with E-state index in [4.69, 9.17) is 0 Å². The summed E-state index contributed by atoms with van der Waals surface area (Å²) in [7, 11) is 0. The summed E-state index contributed by atoms with van der Waals surface area (Å²) in [5.41, 5.74) is 1.99. The Kier molecular flexibility index (Phi) is 3.03. The monoisotopic (exact) mass is 235 g/mol. The number of nitrogens with one attached hydrogen (secondary N) is 1. The van der Waals surface area contributed by atoms with Gasteiger partial charge in [0.05, 0.1) is 5.54 Å². The molecule has 1 aliphatic heterocycles. The second kappa shape index (κ2) is 4.50. The normalized spacial score (nSPS) is 24.8. The summed E-state index contributed by atoms with van der Waals surface area (Å²) < 4.78 is 0. The fourth-order valence-electron chi connectivity index (χ4n) is 3.38. The average Bonchev–Trinajstić information content (AvgIpc) is 2.73. The van der Waals surface area contributed by atoms with Gasteiger partial charge in [0.15, 0.2) is 0 Å². The second-order valence-electron chi connectivity index (χ2n) is 5.30. The molecule has 0 bridgehead atoms. The molecule has 88 valence electrons. The summed E-state index contributed by atoms with van der Waals surface area (Å²) in [6.45, 7) is 1.18. The first-order valence-electron chi connectivity index (χ1n) is 6.73. The van der Waals surface area contributed by atoms with E-state index in [1.165, 1.54) is 57.9 Å². The molecular weight excluding hydrogens is 214 g/mol. The number of hydrogen-bond acceptors (Lipinski definition) is 2. The number of thiophene rings is 1. The van der Waals surface area contributed by atoms with Gasteiger partial charge >= 0.3 is 0 Å². The van der Waals surface area contributed by atoms with Crippen molar-refractivity contribution in [3.8, 4) is 0 Å². The SMILES string of the molecule is c1cc2c(s1)C1(CCCCCCC1)NCC2. The fourth-order valence-corrected chi connectivity index (χ4v) is 4.57. The number of hydrogen-bond donors (Lipinski definition) is 1. The van der Waals surface area contributed by atoms with Gasteiger partial charge in [-0.1, -0.05) is 32.1 Å². The van der Waals surface area contributed by atoms with E-state index in [0.717, 1.165) is 0 Å². The third-order valence-corrected chi connectivity index (χ3v) is 5.41. The minimum Gasteiger partial charge on any atom is -0.306 e. The lowest BCUT2D eigenvalue weighted by atomic mass is 9.79. The first-order valence-corrected chi connectivity index (χ1v) is 7.61. The molecular formula is C14H21NS. The van der Waals surface area contributed by atoms with Gasteiger partial charge in [0, 0.05) is 11.4 Å². The highest BCUT2D eigenvalue weighted by atomic mass is 32.1. The van der Waals surface area contributed by atoms with Crippen LogP contribution in [0.15, 0.2) is 11.4 Å². The van der Waals surface area contributed by atoms with Gasteiger partial charge in [-0.15, -0.1) is 11.3 Å². The van der Waals surface area contributed by atoms with Crippen LogP contribution in [-0.2, 0) is 12.0 Å². The zero-order chi connectivity index (χ0) is 10.8. The Hall–Kier alpha value is -0.340. The standard InChI is InChI=1S/C14H21NS/c1-2-4-8-14(9-5-3-1)13-12(6-10-15-14)7-11-16-13/h7,11,15H,1-6,8-10H2. The highest BCUT2D eigenvalue weighted by Gasteiger charge is 2.36. The molecule has 3 rings (SSSR count). The predicted molar refractivity (Wildman–Crippen MR) is 70.0 cm³/mol. The summed E-state index contributed by atoms with van der Waals surface area (Å²) in [6.07, 6.45) is 11.1. The third-order valence-electron chi connectivity index (χ3n) is 4.25. The molecule has 0 atom stereocenters. The minimum absolute atomic E-state index is 0.363. The summed E-state index contributed by atoms with van der Waals surface area (Å²) in [6, 6.07) is 2.35. The van der Waals surface area contributed by atoms with Crippen molar-refractivity contribution in [1.82, 2.24) is 5.32 Å². The van der Waals surface area contributed by atoms with E-state index in [1.54, 1.807) is 10.4 Å². The van der Waals surface area contributed by atoms with Crippen LogP contribution >= 0.6 is 11.3 Å². The van der Waals surface area contributed by atoms with Gasteiger partial charge in [0.1, 0.15) is 0 Å². The van der Waals surface area contributed by atoms with Crippen LogP contribution in [0, 0.1) is 0 Å². The van der Waals surface area contributed by atoms with Crippen molar-refractivity contribution in [3.05, 3.63) is 21.9 Å². The molecule has 0 aromatic carbocycles. The fraction of sp³-hybridized carbons (Fsp3) is 0.714. The first kappa shape index (κ1) is 10.8. The lowest BCUT2D eigenvalue weighted by molar-refractivity contribution is 0.247. The van der Waals surface area contributed by atoms with E-state index in [9.17, 15) is 0 Å². The summed E-state index contributed by atoms with van der Waals surface area (Å²) in [5.74, 6) is 0. The molecule has 1 saturated carbocycles. The van der Waals surface area contributed by atoms with Crippen LogP contribution in [-0.4, -0.2) is 6.54 Å². The van der Waals surface area contributed by atoms with E-state index in [-0.39, 0.29) is 0 Å². The van der Waals surface area contributed by atoms with Crippen LogP contribution in [0.25, 0.3) is 0 Å². The van der Waals surface area contributed by atoms with Crippen LogP contribution in [0.3, 0.4) is 0 Å². The highest BCUT2D eigenvalue weighted by Crippen LogP contribution is 2.41. The lowest BCUT2D eigenvalue weighted by Crippen LogP contribution is -2.46. The van der Waals surface area contributed by atoms with Gasteiger partial charge in [0.25, 0.3) is 0 Å². The van der Waals surface area contributed by atoms with Gasteiger partial charge in [-0.05, 0) is 36.3 Å². The van der Waals surface area contributed by atoms with Crippen molar-refractivity contribution in [2.75, 3.05) is 6.54 Å². The largest absolute Gasteiger partial charge is 0.306 e. The molecule has 0 unspecified atom stereocenters. The van der Waals surface area contributed by atoms with Crippen molar-refractivity contribution in [3.63, 3.8) is 0 Å². The Morgan fingerprint density at radius 1 is 1.06 bits per heavy atom. The smallest absolute Gasteiger partial charge is 0.0531 e. The second-order valence-corrected chi connectivity index (χ2v) is 6.22. The number of rotatable bonds is 0. The summed E-state index contributed by atoms with van der Waals surface area (Å²) in [4.78, 5) is 1.67. The maximum absolute atomic E-state index is 3.85. The molecule has 1 aromatic heterocycles. The minimum atomic E-state index is 0.363. The van der Waals surface area contributed by atoms with E-state index >= 15 is 0 Å². The molecule has 16 heavy (non-hydrogen) atoms. The molecule has 2 aliphatic rings. The zero-order valence-electron chi connectivity index (χ0n) is 9.93. The van der Waals surface area contributed by atoms with Crippen molar-refractivity contribution in [2.45, 2.75) is 56.9 Å². The molecule has 1 nitrogen and oxygen atoms in total. The van der Waals surface area contributed by atoms with E-state index in [2.05, 4.69) is 16.8 Å². The molecule has 1 aromatic rings. The Morgan fingerprint density at radius 3 is 2.62 bits per heavy atom. The average molecular weight is 235 g/mol. The molecule has 2 heterocycles. The molecule has 2 heteroatoms. The zero-order valence-corrected chi connectivity index (χ0v) is 10.7. The molecule has 0 saturated heterocycles. The Labute approximate surface area is 102 Å². The van der Waals surface area contributed by atoms with E-state index in [1.807, 2.05) is 11.3 Å². The van der Waals surface area contributed by atoms with E-state index < -0.39 is 0 Å². The van der Waals surface area contributed by atoms with Crippen LogP contribution in [0.2, 0.25) is 0 Å². The van der Waals surface area contributed by atoms with Crippen molar-refractivity contribution < 1.29 is 0 Å². The molecule has 1 aliphatic carbocycles. The van der Waals surface area contributed by atoms with Gasteiger partial charge < -0.3 is 5.32 Å². The van der Waals surface area contributed by atoms with Crippen LogP contribution in [0.4, 0.5) is 0 Å². The lowest BCUT2D eigenvalue weighted by Gasteiger charge is -2.40. The molecule has 0 radical (unpaired) electrons.